The molecule has 39 heavy (non-hydrogen) atoms. The van der Waals surface area contributed by atoms with Crippen LogP contribution in [-0.2, 0) is 27.5 Å². The van der Waals surface area contributed by atoms with Gasteiger partial charge in [-0.25, -0.2) is 8.42 Å². The van der Waals surface area contributed by atoms with Gasteiger partial charge in [0.15, 0.2) is 11.5 Å². The summed E-state index contributed by atoms with van der Waals surface area (Å²) in [4.78, 5) is 12.8. The van der Waals surface area contributed by atoms with Crippen LogP contribution < -0.4 is 23.8 Å². The van der Waals surface area contributed by atoms with E-state index >= 15 is 0 Å². The summed E-state index contributed by atoms with van der Waals surface area (Å²) in [6.45, 7) is 0.832. The van der Waals surface area contributed by atoms with Crippen LogP contribution in [0.3, 0.4) is 0 Å². The summed E-state index contributed by atoms with van der Waals surface area (Å²) >= 11 is 5.73. The van der Waals surface area contributed by atoms with Gasteiger partial charge in [0.1, 0.15) is 6.54 Å². The molecule has 3 rings (SSSR count). The summed E-state index contributed by atoms with van der Waals surface area (Å²) in [5.41, 5.74) is -0.359. The fraction of sp³-hybridized carbons (Fsp3) is 0.269. The van der Waals surface area contributed by atoms with E-state index in [2.05, 4.69) is 5.32 Å². The van der Waals surface area contributed by atoms with Gasteiger partial charge in [-0.15, -0.1) is 0 Å². The first-order chi connectivity index (χ1) is 18.3. The molecule has 0 saturated heterocycles. The van der Waals surface area contributed by atoms with Crippen molar-refractivity contribution < 1.29 is 40.6 Å². The van der Waals surface area contributed by atoms with Crippen LogP contribution in [0.15, 0.2) is 59.5 Å². The molecule has 210 valence electrons. The zero-order chi connectivity index (χ0) is 29.0. The molecule has 0 bridgehead atoms. The van der Waals surface area contributed by atoms with E-state index in [1.165, 1.54) is 45.6 Å². The number of carbonyl (C=O) groups is 1. The number of halogens is 4. The maximum absolute atomic E-state index is 13.6. The number of ether oxygens (including phenoxy) is 3. The van der Waals surface area contributed by atoms with Crippen LogP contribution in [0.1, 0.15) is 16.7 Å². The number of benzene rings is 3. The smallest absolute Gasteiger partial charge is 0.417 e. The van der Waals surface area contributed by atoms with Crippen molar-refractivity contribution >= 4 is 33.2 Å². The van der Waals surface area contributed by atoms with Crippen molar-refractivity contribution in [1.29, 1.82) is 0 Å². The average Bonchev–Trinajstić information content (AvgIpc) is 2.89. The van der Waals surface area contributed by atoms with Crippen LogP contribution in [0, 0.1) is 6.92 Å². The number of nitrogens with zero attached hydrogens (tertiary/aromatic N) is 1. The predicted molar refractivity (Wildman–Crippen MR) is 140 cm³/mol. The molecule has 0 aliphatic carbocycles. The van der Waals surface area contributed by atoms with E-state index in [1.807, 2.05) is 0 Å². The number of nitrogens with one attached hydrogen (secondary N) is 1. The predicted octanol–water partition coefficient (Wildman–Crippen LogP) is 5.20. The van der Waals surface area contributed by atoms with Gasteiger partial charge in [-0.05, 0) is 49.4 Å². The summed E-state index contributed by atoms with van der Waals surface area (Å²) in [6, 6.07) is 11.6. The van der Waals surface area contributed by atoms with Gasteiger partial charge in [0, 0.05) is 12.1 Å². The van der Waals surface area contributed by atoms with Crippen LogP contribution in [0.5, 0.6) is 17.2 Å². The fourth-order valence-corrected chi connectivity index (χ4v) is 5.36. The van der Waals surface area contributed by atoms with E-state index in [1.54, 1.807) is 19.1 Å². The van der Waals surface area contributed by atoms with Gasteiger partial charge in [0.05, 0.1) is 42.5 Å². The molecule has 0 spiro atoms. The Morgan fingerprint density at radius 2 is 1.59 bits per heavy atom. The molecule has 13 heteroatoms. The van der Waals surface area contributed by atoms with Gasteiger partial charge in [0.25, 0.3) is 10.0 Å². The van der Waals surface area contributed by atoms with Crippen molar-refractivity contribution in [1.82, 2.24) is 5.32 Å². The molecule has 3 aromatic rings. The second-order valence-corrected chi connectivity index (χ2v) is 10.5. The number of hydrogen-bond donors (Lipinski definition) is 1. The van der Waals surface area contributed by atoms with E-state index < -0.39 is 39.2 Å². The molecular formula is C26H26ClF3N2O6S. The minimum atomic E-state index is -4.85. The number of carbonyl (C=O) groups excluding carboxylic acids is 1. The Bertz CT molecular complexity index is 1450. The van der Waals surface area contributed by atoms with E-state index in [-0.39, 0.29) is 28.6 Å². The first kappa shape index (κ1) is 29.9. The van der Waals surface area contributed by atoms with Crippen molar-refractivity contribution in [3.63, 3.8) is 0 Å². The number of methoxy groups -OCH3 is 3. The molecule has 0 atom stereocenters. The highest BCUT2D eigenvalue weighted by Crippen LogP contribution is 2.40. The number of rotatable bonds is 10. The highest BCUT2D eigenvalue weighted by atomic mass is 35.5. The summed E-state index contributed by atoms with van der Waals surface area (Å²) in [5.74, 6) is 0.180. The van der Waals surface area contributed by atoms with Crippen molar-refractivity contribution in [2.75, 3.05) is 32.2 Å². The maximum atomic E-state index is 13.6. The lowest BCUT2D eigenvalue weighted by molar-refractivity contribution is -0.137. The standard InChI is InChI=1S/C26H26ClF3N2O6S/c1-16-5-9-19(10-6-16)39(34,35)32(18-8-11-21(27)20(13-18)26(28,29)30)15-23(33)31-14-17-7-12-22(36-2)25(38-4)24(17)37-3/h5-13H,14-15H2,1-4H3,(H,31,33). The topological polar surface area (TPSA) is 94.2 Å². The summed E-state index contributed by atoms with van der Waals surface area (Å²) in [5, 5.41) is 1.97. The van der Waals surface area contributed by atoms with Crippen molar-refractivity contribution in [2.24, 2.45) is 0 Å². The molecule has 0 unspecified atom stereocenters. The highest BCUT2D eigenvalue weighted by molar-refractivity contribution is 7.92. The zero-order valence-corrected chi connectivity index (χ0v) is 23.0. The number of anilines is 1. The largest absolute Gasteiger partial charge is 0.493 e. The fourth-order valence-electron chi connectivity index (χ4n) is 3.72. The first-order valence-electron chi connectivity index (χ1n) is 11.3. The van der Waals surface area contributed by atoms with Crippen LogP contribution in [0.25, 0.3) is 0 Å². The first-order valence-corrected chi connectivity index (χ1v) is 13.2. The second kappa shape index (κ2) is 12.0. The van der Waals surface area contributed by atoms with Crippen LogP contribution in [0.4, 0.5) is 18.9 Å². The van der Waals surface area contributed by atoms with Crippen LogP contribution >= 0.6 is 11.6 Å². The third-order valence-corrected chi connectivity index (χ3v) is 7.82. The molecule has 1 amide bonds. The Balaban J connectivity index is 1.97. The zero-order valence-electron chi connectivity index (χ0n) is 21.4. The van der Waals surface area contributed by atoms with E-state index in [4.69, 9.17) is 25.8 Å². The van der Waals surface area contributed by atoms with Gasteiger partial charge in [-0.2, -0.15) is 13.2 Å². The molecule has 0 aromatic heterocycles. The normalized spacial score (nSPS) is 11.6. The molecular weight excluding hydrogens is 561 g/mol. The van der Waals surface area contributed by atoms with Gasteiger partial charge in [0.2, 0.25) is 11.7 Å². The molecule has 1 N–H and O–H groups in total. The third kappa shape index (κ3) is 6.69. The Labute approximate surface area is 229 Å². The SMILES string of the molecule is COc1ccc(CNC(=O)CN(c2ccc(Cl)c(C(F)(F)F)c2)S(=O)(=O)c2ccc(C)cc2)c(OC)c1OC. The lowest BCUT2D eigenvalue weighted by Gasteiger charge is -2.25. The molecule has 0 heterocycles. The number of amides is 1. The minimum absolute atomic E-state index is 0.102. The van der Waals surface area contributed by atoms with Crippen LogP contribution in [-0.4, -0.2) is 42.2 Å². The average molecular weight is 587 g/mol. The lowest BCUT2D eigenvalue weighted by atomic mass is 10.1. The lowest BCUT2D eigenvalue weighted by Crippen LogP contribution is -2.40. The number of sulfonamides is 1. The molecule has 8 nitrogen and oxygen atoms in total. The molecule has 0 aliphatic heterocycles. The van der Waals surface area contributed by atoms with E-state index in [0.29, 0.717) is 21.7 Å². The Morgan fingerprint density at radius 1 is 0.949 bits per heavy atom. The number of alkyl halides is 3. The van der Waals surface area contributed by atoms with Crippen molar-refractivity contribution in [3.05, 3.63) is 76.3 Å². The van der Waals surface area contributed by atoms with E-state index in [9.17, 15) is 26.4 Å². The highest BCUT2D eigenvalue weighted by Gasteiger charge is 2.35. The van der Waals surface area contributed by atoms with Gasteiger partial charge in [-0.3, -0.25) is 9.10 Å². The Hall–Kier alpha value is -3.64. The van der Waals surface area contributed by atoms with Gasteiger partial charge >= 0.3 is 6.18 Å². The summed E-state index contributed by atoms with van der Waals surface area (Å²) < 4.78 is 84.3. The molecule has 0 fully saturated rings. The van der Waals surface area contributed by atoms with Gasteiger partial charge < -0.3 is 19.5 Å². The van der Waals surface area contributed by atoms with Gasteiger partial charge in [-0.1, -0.05) is 29.3 Å². The minimum Gasteiger partial charge on any atom is -0.493 e. The number of aryl methyl sites for hydroxylation is 1. The quantitative estimate of drug-likeness (QED) is 0.351. The van der Waals surface area contributed by atoms with Crippen molar-refractivity contribution in [2.45, 2.75) is 24.5 Å². The summed E-state index contributed by atoms with van der Waals surface area (Å²) in [6.07, 6.45) is -4.85. The number of hydrogen-bond acceptors (Lipinski definition) is 6. The monoisotopic (exact) mass is 586 g/mol. The molecule has 0 aliphatic rings. The molecule has 3 aromatic carbocycles. The Kier molecular flexibility index (Phi) is 9.23. The van der Waals surface area contributed by atoms with Crippen molar-refractivity contribution in [3.8, 4) is 17.2 Å². The second-order valence-electron chi connectivity index (χ2n) is 8.26. The summed E-state index contributed by atoms with van der Waals surface area (Å²) in [7, 11) is -0.194. The third-order valence-electron chi connectivity index (χ3n) is 5.70. The molecule has 0 radical (unpaired) electrons. The maximum Gasteiger partial charge on any atom is 0.417 e. The van der Waals surface area contributed by atoms with E-state index in [0.717, 1.165) is 17.7 Å². The van der Waals surface area contributed by atoms with Crippen LogP contribution in [0.2, 0.25) is 5.02 Å². The molecule has 0 saturated carbocycles. The Morgan fingerprint density at radius 3 is 2.15 bits per heavy atom.